The Morgan fingerprint density at radius 2 is 0.742 bits per heavy atom. The molecule has 0 aliphatic carbocycles. The lowest BCUT2D eigenvalue weighted by Gasteiger charge is -2.38. The zero-order valence-corrected chi connectivity index (χ0v) is 35.0. The zero-order chi connectivity index (χ0) is 45.5. The number of rotatable bonds is 13. The van der Waals surface area contributed by atoms with Crippen LogP contribution in [0.2, 0.25) is 0 Å². The van der Waals surface area contributed by atoms with Crippen molar-refractivity contribution in [2.24, 2.45) is 0 Å². The van der Waals surface area contributed by atoms with Gasteiger partial charge in [-0.05, 0) is 147 Å². The lowest BCUT2D eigenvalue weighted by atomic mass is 9.73. The molecular weight excluding hydrogens is 865 g/mol. The molecule has 0 aliphatic rings. The molecule has 0 saturated carbocycles. The Kier molecular flexibility index (Phi) is 12.2. The maximum absolute atomic E-state index is 15.0. The topological polar surface area (TPSA) is 86.7 Å². The fourth-order valence-corrected chi connectivity index (χ4v) is 9.33. The maximum Gasteiger partial charge on any atom is 0.411 e. The summed E-state index contributed by atoms with van der Waals surface area (Å²) in [4.78, 5) is -0.479. The highest BCUT2D eigenvalue weighted by atomic mass is 32.2. The molecule has 0 fully saturated rings. The number of halogens is 8. The van der Waals surface area contributed by atoms with Crippen LogP contribution in [0.5, 0.6) is 17.2 Å². The molecule has 0 aromatic heterocycles. The summed E-state index contributed by atoms with van der Waals surface area (Å²) in [6, 6.07) is 26.4. The highest BCUT2D eigenvalue weighted by molar-refractivity contribution is 7.91. The van der Waals surface area contributed by atoms with Gasteiger partial charge in [0.25, 0.3) is 0 Å². The van der Waals surface area contributed by atoms with Gasteiger partial charge in [-0.3, -0.25) is 0 Å². The first-order valence-electron chi connectivity index (χ1n) is 18.8. The molecule has 0 saturated heterocycles. The van der Waals surface area contributed by atoms with E-state index >= 15 is 0 Å². The van der Waals surface area contributed by atoms with Gasteiger partial charge in [0.2, 0.25) is 25.1 Å². The van der Waals surface area contributed by atoms with Crippen molar-refractivity contribution in [1.82, 2.24) is 0 Å². The van der Waals surface area contributed by atoms with Gasteiger partial charge in [-0.15, -0.1) is 0 Å². The van der Waals surface area contributed by atoms with E-state index in [9.17, 15) is 52.0 Å². The molecule has 1 atom stereocenters. The summed E-state index contributed by atoms with van der Waals surface area (Å²) >= 11 is 0. The van der Waals surface area contributed by atoms with Crippen molar-refractivity contribution in [2.75, 3.05) is 0 Å². The normalized spacial score (nSPS) is 13.9. The summed E-state index contributed by atoms with van der Waals surface area (Å²) in [5.41, 5.74) is -8.98. The van der Waals surface area contributed by atoms with Crippen molar-refractivity contribution in [2.45, 2.75) is 82.7 Å². The monoisotopic (exact) mass is 902 g/mol. The van der Waals surface area contributed by atoms with Crippen molar-refractivity contribution in [3.63, 3.8) is 0 Å². The Labute approximate surface area is 353 Å². The average Bonchev–Trinajstić information content (AvgIpc) is 3.21. The van der Waals surface area contributed by atoms with Gasteiger partial charge in [-0.1, -0.05) is 55.5 Å². The van der Waals surface area contributed by atoms with Gasteiger partial charge in [0.15, 0.2) is 0 Å². The number of hydrogen-bond acceptors (Lipinski definition) is 6. The van der Waals surface area contributed by atoms with Gasteiger partial charge in [-0.25, -0.2) is 25.6 Å². The molecule has 0 heterocycles. The van der Waals surface area contributed by atoms with E-state index in [4.69, 9.17) is 9.47 Å². The Bertz CT molecular complexity index is 2720. The van der Waals surface area contributed by atoms with Crippen LogP contribution in [0, 0.1) is 5.82 Å². The van der Waals surface area contributed by atoms with Gasteiger partial charge < -0.3 is 9.47 Å². The molecule has 62 heavy (non-hydrogen) atoms. The minimum Gasteiger partial charge on any atom is -0.483 e. The quantitative estimate of drug-likeness (QED) is 0.0848. The molecule has 0 spiro atoms. The van der Waals surface area contributed by atoms with Crippen LogP contribution in [0.1, 0.15) is 56.4 Å². The molecular formula is C46H38F8O6S2. The van der Waals surface area contributed by atoms with Crippen LogP contribution in [0.4, 0.5) is 35.1 Å². The van der Waals surface area contributed by atoms with E-state index in [2.05, 4.69) is 0 Å². The first-order chi connectivity index (χ1) is 28.8. The van der Waals surface area contributed by atoms with Crippen molar-refractivity contribution in [1.29, 1.82) is 0 Å². The first-order valence-corrected chi connectivity index (χ1v) is 21.8. The molecule has 0 N–H and O–H groups in total. The third kappa shape index (κ3) is 8.80. The Morgan fingerprint density at radius 1 is 0.435 bits per heavy atom. The van der Waals surface area contributed by atoms with Crippen LogP contribution in [0.25, 0.3) is 0 Å². The third-order valence-corrected chi connectivity index (χ3v) is 14.2. The van der Waals surface area contributed by atoms with Gasteiger partial charge in [0, 0.05) is 0 Å². The summed E-state index contributed by atoms with van der Waals surface area (Å²) in [5.74, 6) is -0.813. The van der Waals surface area contributed by atoms with Crippen LogP contribution in [-0.2, 0) is 36.4 Å². The number of benzene rings is 6. The van der Waals surface area contributed by atoms with E-state index in [1.807, 2.05) is 0 Å². The number of alkyl halides is 7. The van der Waals surface area contributed by atoms with Gasteiger partial charge in [-0.2, -0.15) is 26.3 Å². The Morgan fingerprint density at radius 3 is 1.11 bits per heavy atom. The van der Waals surface area contributed by atoms with Gasteiger partial charge in [0.05, 0.1) is 19.6 Å². The molecule has 0 amide bonds. The number of sulfone groups is 2. The minimum atomic E-state index is -5.89. The number of ether oxygens (including phenoxy) is 2. The Balaban J connectivity index is 1.21. The maximum atomic E-state index is 15.0. The van der Waals surface area contributed by atoms with Crippen LogP contribution in [0.3, 0.4) is 0 Å². The van der Waals surface area contributed by atoms with E-state index in [-0.39, 0.29) is 43.3 Å². The summed E-state index contributed by atoms with van der Waals surface area (Å²) in [6.45, 7) is 6.17. The molecule has 6 nitrogen and oxygen atoms in total. The standard InChI is InChI=1S/C46H38F8O6S2/c1-5-43(4,48)31-12-24-39(25-13-31)62(57,58)41-28-20-36(21-29-41)59-35-16-6-32(7-17-35)44(45(49,50)51,46(52,53)54)33-8-18-37(19-9-33)60-42(2,3)30-10-22-38(23-11-30)61(55,56)40-26-14-34(47)15-27-40/h6-29H,5H2,1-4H3. The van der Waals surface area contributed by atoms with E-state index < -0.39 is 65.7 Å². The molecule has 16 heteroatoms. The molecule has 6 aromatic rings. The summed E-state index contributed by atoms with van der Waals surface area (Å²) in [6.07, 6.45) is -11.6. The second-order valence-electron chi connectivity index (χ2n) is 15.0. The molecule has 0 radical (unpaired) electrons. The highest BCUT2D eigenvalue weighted by Gasteiger charge is 2.72. The zero-order valence-electron chi connectivity index (χ0n) is 33.4. The second-order valence-corrected chi connectivity index (χ2v) is 18.9. The minimum absolute atomic E-state index is 0.0329. The van der Waals surface area contributed by atoms with E-state index in [1.165, 1.54) is 79.7 Å². The molecule has 0 aliphatic heterocycles. The molecule has 0 bridgehead atoms. The predicted molar refractivity (Wildman–Crippen MR) is 215 cm³/mol. The van der Waals surface area contributed by atoms with E-state index in [0.717, 1.165) is 48.5 Å². The van der Waals surface area contributed by atoms with E-state index in [0.29, 0.717) is 35.4 Å². The summed E-state index contributed by atoms with van der Waals surface area (Å²) in [7, 11) is -8.04. The highest BCUT2D eigenvalue weighted by Crippen LogP contribution is 2.56. The predicted octanol–water partition coefficient (Wildman–Crippen LogP) is 12.6. The lowest BCUT2D eigenvalue weighted by molar-refractivity contribution is -0.288. The number of hydrogen-bond donors (Lipinski definition) is 0. The lowest BCUT2D eigenvalue weighted by Crippen LogP contribution is -2.54. The molecule has 1 unspecified atom stereocenters. The van der Waals surface area contributed by atoms with Gasteiger partial charge >= 0.3 is 12.4 Å². The average molecular weight is 903 g/mol. The first kappa shape index (κ1) is 45.8. The SMILES string of the molecule is CCC(C)(F)c1ccc(S(=O)(=O)c2ccc(Oc3ccc(C(c4ccc(OC(C)(C)c5ccc(S(=O)(=O)c6ccc(F)cc6)cc5)cc4)(C(F)(F)F)C(F)(F)F)cc3)cc2)cc1. The van der Waals surface area contributed by atoms with Crippen molar-refractivity contribution in [3.05, 3.63) is 174 Å². The summed E-state index contributed by atoms with van der Waals surface area (Å²) in [5, 5.41) is 0. The molecule has 6 rings (SSSR count). The summed E-state index contributed by atoms with van der Waals surface area (Å²) < 4.78 is 182. The van der Waals surface area contributed by atoms with Crippen molar-refractivity contribution in [3.8, 4) is 17.2 Å². The largest absolute Gasteiger partial charge is 0.483 e. The van der Waals surface area contributed by atoms with Crippen LogP contribution >= 0.6 is 0 Å². The van der Waals surface area contributed by atoms with Crippen LogP contribution in [0.15, 0.2) is 165 Å². The smallest absolute Gasteiger partial charge is 0.411 e. The van der Waals surface area contributed by atoms with Crippen LogP contribution in [-0.4, -0.2) is 29.2 Å². The van der Waals surface area contributed by atoms with E-state index in [1.54, 1.807) is 20.8 Å². The van der Waals surface area contributed by atoms with Crippen molar-refractivity contribution >= 4 is 19.7 Å². The Hall–Kier alpha value is -5.74. The van der Waals surface area contributed by atoms with Crippen molar-refractivity contribution < 1.29 is 61.4 Å². The molecule has 6 aromatic carbocycles. The fraction of sp³-hybridized carbons (Fsp3) is 0.217. The van der Waals surface area contributed by atoms with Crippen LogP contribution < -0.4 is 9.47 Å². The second kappa shape index (κ2) is 16.5. The fourth-order valence-electron chi connectivity index (χ4n) is 6.81. The molecule has 326 valence electrons. The van der Waals surface area contributed by atoms with Gasteiger partial charge in [0.1, 0.15) is 34.3 Å². The third-order valence-electron chi connectivity index (χ3n) is 10.6.